The first-order valence-electron chi connectivity index (χ1n) is 7.43. The van der Waals surface area contributed by atoms with Gasteiger partial charge in [0.25, 0.3) is 0 Å². The Morgan fingerprint density at radius 3 is 1.62 bits per heavy atom. The fourth-order valence-corrected chi connectivity index (χ4v) is 2.44. The minimum atomic E-state index is -0.498. The van der Waals surface area contributed by atoms with Crippen LogP contribution < -0.4 is 5.73 Å². The van der Waals surface area contributed by atoms with E-state index in [0.717, 1.165) is 11.1 Å². The van der Waals surface area contributed by atoms with Crippen molar-refractivity contribution in [3.63, 3.8) is 0 Å². The van der Waals surface area contributed by atoms with Gasteiger partial charge in [-0.05, 0) is 49.2 Å². The number of ether oxygens (including phenoxy) is 1. The zero-order valence-electron chi connectivity index (χ0n) is 14.1. The number of halogens is 2. The Bertz CT molecular complexity index is 609. The number of esters is 1. The minimum absolute atomic E-state index is 0. The van der Waals surface area contributed by atoms with E-state index in [4.69, 9.17) is 4.74 Å². The van der Waals surface area contributed by atoms with Crippen LogP contribution in [0, 0.1) is 19.1 Å². The maximum absolute atomic E-state index is 13.2. The van der Waals surface area contributed by atoms with Crippen molar-refractivity contribution in [3.05, 3.63) is 78.7 Å². The van der Waals surface area contributed by atoms with Crippen LogP contribution in [0.5, 0.6) is 0 Å². The predicted octanol–water partition coefficient (Wildman–Crippen LogP) is 3.11. The number of benzene rings is 2. The quantitative estimate of drug-likeness (QED) is 0.674. The standard InChI is InChI=1S/C18H19F2NO2.CH3/c1-11(21)18(22)23-12(2)17(13-3-7-15(19)8-4-13)14-5-9-16(20)10-6-14;/h3-12,17H,21H2,1-2H3;1H3/q;-1/p+1/t11-,12-;/m0./s1. The second-order valence-electron chi connectivity index (χ2n) is 5.62. The molecule has 0 heterocycles. The molecular weight excluding hydrogens is 312 g/mol. The molecule has 130 valence electrons. The molecule has 2 aromatic carbocycles. The van der Waals surface area contributed by atoms with Crippen LogP contribution in [0.1, 0.15) is 30.9 Å². The summed E-state index contributed by atoms with van der Waals surface area (Å²) in [7, 11) is 0. The summed E-state index contributed by atoms with van der Waals surface area (Å²) in [6, 6.07) is 11.5. The lowest BCUT2D eigenvalue weighted by atomic mass is 9.87. The fraction of sp³-hybridized carbons (Fsp3) is 0.263. The van der Waals surface area contributed by atoms with Crippen molar-refractivity contribution in [1.82, 2.24) is 0 Å². The Labute approximate surface area is 141 Å². The van der Waals surface area contributed by atoms with Crippen molar-refractivity contribution >= 4 is 5.97 Å². The van der Waals surface area contributed by atoms with Gasteiger partial charge >= 0.3 is 5.97 Å². The third-order valence-corrected chi connectivity index (χ3v) is 3.63. The minimum Gasteiger partial charge on any atom is -0.457 e. The molecule has 0 radical (unpaired) electrons. The summed E-state index contributed by atoms with van der Waals surface area (Å²) in [6.45, 7) is 3.41. The van der Waals surface area contributed by atoms with Crippen LogP contribution in [0.2, 0.25) is 0 Å². The molecule has 5 heteroatoms. The highest BCUT2D eigenvalue weighted by Crippen LogP contribution is 2.30. The number of carbonyl (C=O) groups excluding carboxylic acids is 1. The number of hydrogen-bond donors (Lipinski definition) is 1. The highest BCUT2D eigenvalue weighted by Gasteiger charge is 2.26. The second-order valence-corrected chi connectivity index (χ2v) is 5.62. The zero-order valence-corrected chi connectivity index (χ0v) is 14.1. The fourth-order valence-electron chi connectivity index (χ4n) is 2.44. The molecule has 3 N–H and O–H groups in total. The highest BCUT2D eigenvalue weighted by atomic mass is 19.1. The molecule has 0 spiro atoms. The largest absolute Gasteiger partial charge is 0.457 e. The average molecular weight is 335 g/mol. The Kier molecular flexibility index (Phi) is 7.04. The van der Waals surface area contributed by atoms with Crippen LogP contribution in [-0.4, -0.2) is 18.1 Å². The van der Waals surface area contributed by atoms with Crippen LogP contribution in [-0.2, 0) is 9.53 Å². The first-order chi connectivity index (χ1) is 10.9. The topological polar surface area (TPSA) is 53.9 Å². The van der Waals surface area contributed by atoms with E-state index in [9.17, 15) is 13.6 Å². The Morgan fingerprint density at radius 2 is 1.29 bits per heavy atom. The molecule has 2 atom stereocenters. The lowest BCUT2D eigenvalue weighted by Crippen LogP contribution is -2.63. The van der Waals surface area contributed by atoms with Gasteiger partial charge in [0, 0.05) is 5.92 Å². The molecule has 2 aromatic rings. The number of rotatable bonds is 5. The molecule has 0 aliphatic heterocycles. The van der Waals surface area contributed by atoms with E-state index in [0.29, 0.717) is 0 Å². The summed E-state index contributed by atoms with van der Waals surface area (Å²) in [5.74, 6) is -1.42. The molecule has 2 rings (SSSR count). The predicted molar refractivity (Wildman–Crippen MR) is 89.0 cm³/mol. The Hall–Kier alpha value is -2.27. The van der Waals surface area contributed by atoms with Gasteiger partial charge in [0.05, 0.1) is 0 Å². The van der Waals surface area contributed by atoms with Gasteiger partial charge in [0.15, 0.2) is 6.04 Å². The molecule has 0 aromatic heterocycles. The summed E-state index contributed by atoms with van der Waals surface area (Å²) in [6.07, 6.45) is -0.498. The molecule has 0 aliphatic rings. The molecule has 0 saturated heterocycles. The van der Waals surface area contributed by atoms with Crippen molar-refractivity contribution < 1.29 is 24.0 Å². The van der Waals surface area contributed by atoms with Gasteiger partial charge in [-0.3, -0.25) is 0 Å². The van der Waals surface area contributed by atoms with Crippen LogP contribution in [0.4, 0.5) is 8.78 Å². The van der Waals surface area contributed by atoms with Gasteiger partial charge in [-0.2, -0.15) is 0 Å². The molecule has 0 amide bonds. The van der Waals surface area contributed by atoms with E-state index >= 15 is 0 Å². The lowest BCUT2D eigenvalue weighted by Gasteiger charge is -2.25. The summed E-state index contributed by atoms with van der Waals surface area (Å²) >= 11 is 0. The summed E-state index contributed by atoms with van der Waals surface area (Å²) in [5.41, 5.74) is 5.22. The van der Waals surface area contributed by atoms with Gasteiger partial charge in [-0.25, -0.2) is 13.6 Å². The monoisotopic (exact) mass is 335 g/mol. The third kappa shape index (κ3) is 4.86. The Balaban J connectivity index is 0.00000288. The lowest BCUT2D eigenvalue weighted by molar-refractivity contribution is -0.403. The number of hydrogen-bond acceptors (Lipinski definition) is 2. The van der Waals surface area contributed by atoms with Gasteiger partial charge in [-0.15, -0.1) is 0 Å². The summed E-state index contributed by atoms with van der Waals surface area (Å²) < 4.78 is 31.8. The van der Waals surface area contributed by atoms with E-state index < -0.39 is 18.1 Å². The van der Waals surface area contributed by atoms with Crippen molar-refractivity contribution in [2.24, 2.45) is 0 Å². The maximum atomic E-state index is 13.2. The molecule has 0 saturated carbocycles. The zero-order chi connectivity index (χ0) is 17.0. The van der Waals surface area contributed by atoms with Gasteiger partial charge < -0.3 is 17.9 Å². The van der Waals surface area contributed by atoms with Gasteiger partial charge in [-0.1, -0.05) is 24.3 Å². The molecular formula is C19H23F2NO2. The SMILES string of the molecule is C[C@H]([NH3+])C(=O)O[C@@H](C)C(c1ccc(F)cc1)c1ccc(F)cc1.[CH3-]. The van der Waals surface area contributed by atoms with Gasteiger partial charge in [0.2, 0.25) is 0 Å². The first kappa shape index (κ1) is 19.8. The van der Waals surface area contributed by atoms with E-state index in [2.05, 4.69) is 5.73 Å². The van der Waals surface area contributed by atoms with E-state index in [1.807, 2.05) is 0 Å². The third-order valence-electron chi connectivity index (χ3n) is 3.63. The molecule has 3 nitrogen and oxygen atoms in total. The average Bonchev–Trinajstić information content (AvgIpc) is 2.51. The van der Waals surface area contributed by atoms with Crippen LogP contribution in [0.25, 0.3) is 0 Å². The van der Waals surface area contributed by atoms with Crippen molar-refractivity contribution in [2.45, 2.75) is 31.9 Å². The van der Waals surface area contributed by atoms with Gasteiger partial charge in [0.1, 0.15) is 17.7 Å². The normalized spacial score (nSPS) is 13.1. The first-order valence-corrected chi connectivity index (χ1v) is 7.43. The Morgan fingerprint density at radius 1 is 0.917 bits per heavy atom. The molecule has 0 aliphatic carbocycles. The van der Waals surface area contributed by atoms with Crippen LogP contribution >= 0.6 is 0 Å². The molecule has 0 bridgehead atoms. The highest BCUT2D eigenvalue weighted by molar-refractivity contribution is 5.73. The second kappa shape index (κ2) is 8.55. The molecule has 0 unspecified atom stereocenters. The number of carbonyl (C=O) groups is 1. The number of quaternary nitrogens is 1. The van der Waals surface area contributed by atoms with Crippen LogP contribution in [0.3, 0.4) is 0 Å². The van der Waals surface area contributed by atoms with Crippen LogP contribution in [0.15, 0.2) is 48.5 Å². The van der Waals surface area contributed by atoms with E-state index in [1.165, 1.54) is 24.3 Å². The maximum Gasteiger partial charge on any atom is 0.364 e. The van der Waals surface area contributed by atoms with Crippen molar-refractivity contribution in [1.29, 1.82) is 0 Å². The molecule has 0 fully saturated rings. The van der Waals surface area contributed by atoms with Crippen molar-refractivity contribution in [3.8, 4) is 0 Å². The summed E-state index contributed by atoms with van der Waals surface area (Å²) in [5, 5.41) is 0. The van der Waals surface area contributed by atoms with Crippen molar-refractivity contribution in [2.75, 3.05) is 0 Å². The molecule has 24 heavy (non-hydrogen) atoms. The van der Waals surface area contributed by atoms with E-state index in [1.54, 1.807) is 38.1 Å². The smallest absolute Gasteiger partial charge is 0.364 e. The summed E-state index contributed by atoms with van der Waals surface area (Å²) in [4.78, 5) is 11.8. The van der Waals surface area contributed by atoms with E-state index in [-0.39, 0.29) is 25.0 Å².